The lowest BCUT2D eigenvalue weighted by molar-refractivity contribution is 0.0775. The summed E-state index contributed by atoms with van der Waals surface area (Å²) in [7, 11) is 0. The highest BCUT2D eigenvalue weighted by molar-refractivity contribution is 14.0. The van der Waals surface area contributed by atoms with Gasteiger partial charge in [-0.05, 0) is 51.3 Å². The van der Waals surface area contributed by atoms with Gasteiger partial charge < -0.3 is 11.1 Å². The van der Waals surface area contributed by atoms with Crippen LogP contribution in [0.5, 0.6) is 0 Å². The van der Waals surface area contributed by atoms with E-state index in [0.717, 1.165) is 31.3 Å². The predicted octanol–water partition coefficient (Wildman–Crippen LogP) is 3.82. The molecule has 0 aliphatic carbocycles. The number of halogens is 3. The zero-order valence-corrected chi connectivity index (χ0v) is 16.8. The summed E-state index contributed by atoms with van der Waals surface area (Å²) in [6.45, 7) is 9.12. The van der Waals surface area contributed by atoms with Gasteiger partial charge in [0.2, 0.25) is 0 Å². The van der Waals surface area contributed by atoms with Crippen molar-refractivity contribution in [3.05, 3.63) is 29.8 Å². The van der Waals surface area contributed by atoms with Gasteiger partial charge in [0.05, 0.1) is 12.2 Å². The van der Waals surface area contributed by atoms with Gasteiger partial charge in [-0.15, -0.1) is 24.0 Å². The topological polar surface area (TPSA) is 53.6 Å². The second-order valence-corrected chi connectivity index (χ2v) is 6.96. The van der Waals surface area contributed by atoms with Crippen molar-refractivity contribution < 1.29 is 8.78 Å². The van der Waals surface area contributed by atoms with Crippen LogP contribution in [0, 0.1) is 17.6 Å². The van der Waals surface area contributed by atoms with Gasteiger partial charge in [0.15, 0.2) is 5.96 Å². The number of nitrogens with one attached hydrogen (secondary N) is 1. The van der Waals surface area contributed by atoms with E-state index in [9.17, 15) is 8.78 Å². The lowest BCUT2D eigenvalue weighted by atomic mass is 9.94. The SMILES string of the molecule is CC1CCCN(C(C)(C)CN=C(N)Nc2cc(F)ccc2F)C1.I. The van der Waals surface area contributed by atoms with Gasteiger partial charge in [0.1, 0.15) is 11.6 Å². The van der Waals surface area contributed by atoms with Gasteiger partial charge in [-0.2, -0.15) is 0 Å². The summed E-state index contributed by atoms with van der Waals surface area (Å²) < 4.78 is 26.7. The smallest absolute Gasteiger partial charge is 0.193 e. The molecule has 136 valence electrons. The first-order valence-electron chi connectivity index (χ1n) is 8.05. The number of guanidine groups is 1. The molecule has 1 unspecified atom stereocenters. The second kappa shape index (κ2) is 8.94. The predicted molar refractivity (Wildman–Crippen MR) is 106 cm³/mol. The van der Waals surface area contributed by atoms with E-state index in [-0.39, 0.29) is 41.2 Å². The molecule has 0 aromatic heterocycles. The van der Waals surface area contributed by atoms with Crippen molar-refractivity contribution in [3.8, 4) is 0 Å². The Morgan fingerprint density at radius 1 is 1.42 bits per heavy atom. The standard InChI is InChI=1S/C17H26F2N4.HI/c1-12-5-4-8-23(10-12)17(2,3)11-21-16(20)22-15-9-13(18)6-7-14(15)19;/h6-7,9,12H,4-5,8,10-11H2,1-3H3,(H3,20,21,22);1H. The van der Waals surface area contributed by atoms with Gasteiger partial charge in [-0.3, -0.25) is 9.89 Å². The van der Waals surface area contributed by atoms with Crippen LogP contribution in [0.15, 0.2) is 23.2 Å². The molecule has 1 aromatic rings. The number of nitrogens with zero attached hydrogens (tertiary/aromatic N) is 2. The van der Waals surface area contributed by atoms with Crippen molar-refractivity contribution in [1.29, 1.82) is 0 Å². The average molecular weight is 452 g/mol. The van der Waals surface area contributed by atoms with Gasteiger partial charge in [-0.25, -0.2) is 8.78 Å². The average Bonchev–Trinajstić information content (AvgIpc) is 2.49. The Labute approximate surface area is 159 Å². The molecule has 1 saturated heterocycles. The molecule has 7 heteroatoms. The summed E-state index contributed by atoms with van der Waals surface area (Å²) in [5.74, 6) is -0.311. The third-order valence-corrected chi connectivity index (χ3v) is 4.34. The first-order chi connectivity index (χ1) is 10.8. The first kappa shape index (κ1) is 21.1. The monoisotopic (exact) mass is 452 g/mol. The number of nitrogens with two attached hydrogens (primary N) is 1. The van der Waals surface area contributed by atoms with Crippen LogP contribution in [-0.4, -0.2) is 36.0 Å². The van der Waals surface area contributed by atoms with Gasteiger partial charge in [-0.1, -0.05) is 6.92 Å². The first-order valence-corrected chi connectivity index (χ1v) is 8.05. The number of anilines is 1. The fourth-order valence-corrected chi connectivity index (χ4v) is 2.89. The van der Waals surface area contributed by atoms with E-state index in [1.54, 1.807) is 0 Å². The van der Waals surface area contributed by atoms with Gasteiger partial charge in [0.25, 0.3) is 0 Å². The lowest BCUT2D eigenvalue weighted by Gasteiger charge is -2.42. The third kappa shape index (κ3) is 5.84. The Morgan fingerprint density at radius 3 is 2.79 bits per heavy atom. The number of piperidine rings is 1. The number of hydrogen-bond donors (Lipinski definition) is 2. The summed E-state index contributed by atoms with van der Waals surface area (Å²) in [4.78, 5) is 6.73. The van der Waals surface area contributed by atoms with E-state index in [4.69, 9.17) is 5.73 Å². The van der Waals surface area contributed by atoms with E-state index in [1.165, 1.54) is 12.8 Å². The third-order valence-electron chi connectivity index (χ3n) is 4.34. The van der Waals surface area contributed by atoms with E-state index < -0.39 is 11.6 Å². The number of benzene rings is 1. The van der Waals surface area contributed by atoms with Gasteiger partial charge in [0, 0.05) is 18.2 Å². The molecule has 1 heterocycles. The minimum atomic E-state index is -0.561. The van der Waals surface area contributed by atoms with Crippen molar-refractivity contribution in [3.63, 3.8) is 0 Å². The zero-order valence-electron chi connectivity index (χ0n) is 14.5. The van der Waals surface area contributed by atoms with Gasteiger partial charge >= 0.3 is 0 Å². The molecule has 3 N–H and O–H groups in total. The van der Waals surface area contributed by atoms with Crippen molar-refractivity contribution >= 4 is 35.6 Å². The van der Waals surface area contributed by atoms with Crippen LogP contribution in [0.3, 0.4) is 0 Å². The molecule has 24 heavy (non-hydrogen) atoms. The van der Waals surface area contributed by atoms with Crippen LogP contribution in [-0.2, 0) is 0 Å². The normalized spacial score (nSPS) is 19.7. The van der Waals surface area contributed by atoms with Crippen LogP contribution in [0.2, 0.25) is 0 Å². The summed E-state index contributed by atoms with van der Waals surface area (Å²) in [6.07, 6.45) is 2.45. The lowest BCUT2D eigenvalue weighted by Crippen LogP contribution is -2.51. The van der Waals surface area contributed by atoms with Crippen LogP contribution < -0.4 is 11.1 Å². The minimum absolute atomic E-state index is 0. The largest absolute Gasteiger partial charge is 0.370 e. The maximum absolute atomic E-state index is 13.6. The summed E-state index contributed by atoms with van der Waals surface area (Å²) in [6, 6.07) is 3.19. The highest BCUT2D eigenvalue weighted by Crippen LogP contribution is 2.24. The molecule has 0 amide bonds. The molecule has 1 aromatic carbocycles. The molecular formula is C17H27F2IN4. The molecular weight excluding hydrogens is 425 g/mol. The van der Waals surface area contributed by atoms with Crippen molar-refractivity contribution in [2.24, 2.45) is 16.6 Å². The van der Waals surface area contributed by atoms with E-state index in [1.807, 2.05) is 0 Å². The second-order valence-electron chi connectivity index (χ2n) is 6.96. The molecule has 0 radical (unpaired) electrons. The molecule has 1 aliphatic heterocycles. The summed E-state index contributed by atoms with van der Waals surface area (Å²) in [5, 5.41) is 2.63. The van der Waals surface area contributed by atoms with E-state index >= 15 is 0 Å². The highest BCUT2D eigenvalue weighted by atomic mass is 127. The van der Waals surface area contributed by atoms with E-state index in [2.05, 4.69) is 36.0 Å². The Bertz CT molecular complexity index is 578. The number of likely N-dealkylation sites (tertiary alicyclic amines) is 1. The Balaban J connectivity index is 0.00000288. The molecule has 0 spiro atoms. The number of aliphatic imine (C=N–C) groups is 1. The molecule has 2 rings (SSSR count). The molecule has 0 bridgehead atoms. The van der Waals surface area contributed by atoms with Crippen molar-refractivity contribution in [1.82, 2.24) is 4.90 Å². The number of rotatable bonds is 4. The van der Waals surface area contributed by atoms with E-state index in [0.29, 0.717) is 12.5 Å². The Hall–Kier alpha value is -0.960. The molecule has 1 aliphatic rings. The van der Waals surface area contributed by atoms with Crippen LogP contribution in [0.25, 0.3) is 0 Å². The Kier molecular flexibility index (Phi) is 7.85. The van der Waals surface area contributed by atoms with Crippen molar-refractivity contribution in [2.45, 2.75) is 39.2 Å². The van der Waals surface area contributed by atoms with Crippen molar-refractivity contribution in [2.75, 3.05) is 25.0 Å². The minimum Gasteiger partial charge on any atom is -0.370 e. The maximum atomic E-state index is 13.6. The quantitative estimate of drug-likeness (QED) is 0.415. The fourth-order valence-electron chi connectivity index (χ4n) is 2.89. The molecule has 1 fully saturated rings. The molecule has 4 nitrogen and oxygen atoms in total. The highest BCUT2D eigenvalue weighted by Gasteiger charge is 2.29. The Morgan fingerprint density at radius 2 is 2.12 bits per heavy atom. The summed E-state index contributed by atoms with van der Waals surface area (Å²) in [5.41, 5.74) is 5.69. The number of hydrogen-bond acceptors (Lipinski definition) is 2. The summed E-state index contributed by atoms with van der Waals surface area (Å²) >= 11 is 0. The molecule has 0 saturated carbocycles. The fraction of sp³-hybridized carbons (Fsp3) is 0.588. The zero-order chi connectivity index (χ0) is 17.0. The van der Waals surface area contributed by atoms with Crippen LogP contribution in [0.1, 0.15) is 33.6 Å². The van der Waals surface area contributed by atoms with Crippen LogP contribution >= 0.6 is 24.0 Å². The van der Waals surface area contributed by atoms with Crippen LogP contribution in [0.4, 0.5) is 14.5 Å². The maximum Gasteiger partial charge on any atom is 0.193 e. The molecule has 1 atom stereocenters.